The zero-order chi connectivity index (χ0) is 22.6. The van der Waals surface area contributed by atoms with Crippen molar-refractivity contribution in [1.82, 2.24) is 24.6 Å². The van der Waals surface area contributed by atoms with Gasteiger partial charge in [-0.25, -0.2) is 13.8 Å². The van der Waals surface area contributed by atoms with Crippen molar-refractivity contribution in [3.05, 3.63) is 35.6 Å². The molecule has 3 N–H and O–H groups in total. The van der Waals surface area contributed by atoms with E-state index in [1.165, 1.54) is 6.20 Å². The van der Waals surface area contributed by atoms with Crippen LogP contribution in [-0.2, 0) is 4.79 Å². The Balaban J connectivity index is 1.55. The maximum atomic E-state index is 15.3. The van der Waals surface area contributed by atoms with Crippen LogP contribution in [0.25, 0.3) is 27.8 Å². The fourth-order valence-electron chi connectivity index (χ4n) is 3.59. The predicted molar refractivity (Wildman–Crippen MR) is 118 cm³/mol. The first kappa shape index (κ1) is 20.6. The summed E-state index contributed by atoms with van der Waals surface area (Å²) in [5.74, 6) is -1.33. The zero-order valence-electron chi connectivity index (χ0n) is 17.3. The third-order valence-electron chi connectivity index (χ3n) is 5.69. The molecule has 0 aliphatic heterocycles. The zero-order valence-corrected chi connectivity index (χ0v) is 18.0. The van der Waals surface area contributed by atoms with E-state index in [4.69, 9.17) is 11.6 Å². The number of rotatable bonds is 6. The highest BCUT2D eigenvalue weighted by molar-refractivity contribution is 6.35. The van der Waals surface area contributed by atoms with Gasteiger partial charge in [0.05, 0.1) is 46.4 Å². The molecular formula is C21H20ClF2N7O. The standard InChI is InChI=1S/C21H20ClF2N7O/c1-3-9(2)27-20-18(24)17(22)16(11-5-26-30-19(11)20)13-7-31-8-14(28-15(31)6-25-13)29-21(32)10-4-12(10)23/h5-10,12,27H,3-4H2,1-2H3,(H,26,30)(H,29,32)/t9?,10-,12+/m1/s1. The molecule has 0 bridgehead atoms. The molecule has 3 aromatic heterocycles. The van der Waals surface area contributed by atoms with Gasteiger partial charge in [0.1, 0.15) is 6.17 Å². The van der Waals surface area contributed by atoms with Crippen molar-refractivity contribution in [3.63, 3.8) is 0 Å². The number of benzene rings is 1. The first-order valence-electron chi connectivity index (χ1n) is 10.3. The van der Waals surface area contributed by atoms with Crippen LogP contribution in [0.2, 0.25) is 5.02 Å². The first-order valence-corrected chi connectivity index (χ1v) is 10.7. The number of alkyl halides is 1. The molecule has 166 valence electrons. The Kier molecular flexibility index (Phi) is 4.96. The van der Waals surface area contributed by atoms with E-state index in [1.807, 2.05) is 13.8 Å². The number of anilines is 2. The van der Waals surface area contributed by atoms with E-state index in [1.54, 1.807) is 23.0 Å². The molecule has 1 amide bonds. The molecule has 32 heavy (non-hydrogen) atoms. The molecule has 1 aromatic carbocycles. The molecule has 5 rings (SSSR count). The number of hydrogen-bond donors (Lipinski definition) is 3. The van der Waals surface area contributed by atoms with Crippen molar-refractivity contribution in [2.45, 2.75) is 38.9 Å². The quantitative estimate of drug-likeness (QED) is 0.392. The van der Waals surface area contributed by atoms with Gasteiger partial charge in [0, 0.05) is 23.2 Å². The van der Waals surface area contributed by atoms with Gasteiger partial charge in [0.15, 0.2) is 17.3 Å². The molecule has 0 saturated heterocycles. The summed E-state index contributed by atoms with van der Waals surface area (Å²) in [7, 11) is 0. The molecule has 1 fully saturated rings. The maximum Gasteiger partial charge on any atom is 0.231 e. The number of hydrogen-bond acceptors (Lipinski definition) is 5. The van der Waals surface area contributed by atoms with Gasteiger partial charge in [0.2, 0.25) is 5.91 Å². The minimum absolute atomic E-state index is 0.0373. The highest BCUT2D eigenvalue weighted by atomic mass is 35.5. The highest BCUT2D eigenvalue weighted by Crippen LogP contribution is 2.41. The van der Waals surface area contributed by atoms with E-state index in [2.05, 4.69) is 30.8 Å². The van der Waals surface area contributed by atoms with Crippen molar-refractivity contribution in [2.75, 3.05) is 10.6 Å². The number of carbonyl (C=O) groups is 1. The van der Waals surface area contributed by atoms with Gasteiger partial charge in [-0.1, -0.05) is 18.5 Å². The van der Waals surface area contributed by atoms with Crippen LogP contribution < -0.4 is 10.6 Å². The Bertz CT molecular complexity index is 1350. The lowest BCUT2D eigenvalue weighted by Gasteiger charge is -2.17. The third-order valence-corrected chi connectivity index (χ3v) is 6.05. The molecule has 3 atom stereocenters. The van der Waals surface area contributed by atoms with Gasteiger partial charge in [-0.3, -0.25) is 14.9 Å². The number of H-pyrrole nitrogens is 1. The van der Waals surface area contributed by atoms with Crippen molar-refractivity contribution >= 4 is 45.6 Å². The topological polar surface area (TPSA) is 100 Å². The molecule has 3 heterocycles. The second-order valence-corrected chi connectivity index (χ2v) is 8.38. The van der Waals surface area contributed by atoms with Crippen molar-refractivity contribution in [1.29, 1.82) is 0 Å². The summed E-state index contributed by atoms with van der Waals surface area (Å²) in [5, 5.41) is 13.2. The van der Waals surface area contributed by atoms with Crippen LogP contribution in [0.5, 0.6) is 0 Å². The molecule has 1 unspecified atom stereocenters. The number of halogens is 3. The number of nitrogens with one attached hydrogen (secondary N) is 3. The SMILES string of the molecule is CCC(C)Nc1c(F)c(Cl)c(-c2cn3cc(NC(=O)[C@@H]4C[C@@H]4F)nc3cn2)c2cn[nH]c12. The minimum Gasteiger partial charge on any atom is -0.378 e. The largest absolute Gasteiger partial charge is 0.378 e. The summed E-state index contributed by atoms with van der Waals surface area (Å²) in [6.45, 7) is 3.95. The Morgan fingerprint density at radius 1 is 1.41 bits per heavy atom. The van der Waals surface area contributed by atoms with E-state index in [0.29, 0.717) is 27.8 Å². The van der Waals surface area contributed by atoms with Gasteiger partial charge < -0.3 is 15.0 Å². The Hall–Kier alpha value is -3.27. The number of nitrogens with zero attached hydrogens (tertiary/aromatic N) is 4. The molecule has 1 aliphatic carbocycles. The number of amides is 1. The average molecular weight is 460 g/mol. The van der Waals surface area contributed by atoms with Gasteiger partial charge in [-0.05, 0) is 19.8 Å². The minimum atomic E-state index is -1.09. The maximum absolute atomic E-state index is 15.3. The van der Waals surface area contributed by atoms with Gasteiger partial charge >= 0.3 is 0 Å². The molecule has 11 heteroatoms. The molecule has 1 aliphatic rings. The lowest BCUT2D eigenvalue weighted by molar-refractivity contribution is -0.117. The summed E-state index contributed by atoms with van der Waals surface area (Å²) in [5.41, 5.74) is 2.02. The Labute approximate surface area is 186 Å². The van der Waals surface area contributed by atoms with E-state index in [0.717, 1.165) is 6.42 Å². The van der Waals surface area contributed by atoms with Crippen LogP contribution in [0.1, 0.15) is 26.7 Å². The number of imidazole rings is 1. The molecule has 0 spiro atoms. The summed E-state index contributed by atoms with van der Waals surface area (Å²) >= 11 is 6.46. The number of aromatic nitrogens is 5. The highest BCUT2D eigenvalue weighted by Gasteiger charge is 2.43. The third kappa shape index (κ3) is 3.44. The average Bonchev–Trinajstić information content (AvgIpc) is 3.14. The van der Waals surface area contributed by atoms with E-state index in [-0.39, 0.29) is 29.0 Å². The summed E-state index contributed by atoms with van der Waals surface area (Å²) in [6, 6.07) is 0.0373. The first-order chi connectivity index (χ1) is 15.4. The fourth-order valence-corrected chi connectivity index (χ4v) is 3.88. The fraction of sp³-hybridized carbons (Fsp3) is 0.333. The molecule has 4 aromatic rings. The van der Waals surface area contributed by atoms with Crippen LogP contribution in [0, 0.1) is 11.7 Å². The summed E-state index contributed by atoms with van der Waals surface area (Å²) < 4.78 is 30.0. The Morgan fingerprint density at radius 3 is 2.91 bits per heavy atom. The van der Waals surface area contributed by atoms with Gasteiger partial charge in [-0.15, -0.1) is 0 Å². The normalized spacial score (nSPS) is 18.8. The number of aromatic amines is 1. The van der Waals surface area contributed by atoms with Crippen LogP contribution in [0.4, 0.5) is 20.3 Å². The van der Waals surface area contributed by atoms with Gasteiger partial charge in [-0.2, -0.15) is 5.10 Å². The molecule has 1 saturated carbocycles. The lowest BCUT2D eigenvalue weighted by Crippen LogP contribution is -2.15. The van der Waals surface area contributed by atoms with Crippen LogP contribution >= 0.6 is 11.6 Å². The molecule has 0 radical (unpaired) electrons. The van der Waals surface area contributed by atoms with Crippen LogP contribution in [0.3, 0.4) is 0 Å². The lowest BCUT2D eigenvalue weighted by atomic mass is 10.0. The summed E-state index contributed by atoms with van der Waals surface area (Å²) in [4.78, 5) is 20.7. The van der Waals surface area contributed by atoms with Crippen LogP contribution in [0.15, 0.2) is 24.8 Å². The van der Waals surface area contributed by atoms with Crippen molar-refractivity contribution in [2.24, 2.45) is 5.92 Å². The second-order valence-electron chi connectivity index (χ2n) is 8.00. The number of fused-ring (bicyclic) bond motifs is 2. The molecular weight excluding hydrogens is 440 g/mol. The van der Waals surface area contributed by atoms with E-state index < -0.39 is 23.8 Å². The predicted octanol–water partition coefficient (Wildman–Crippen LogP) is 4.57. The summed E-state index contributed by atoms with van der Waals surface area (Å²) in [6.07, 6.45) is 6.24. The van der Waals surface area contributed by atoms with Crippen molar-refractivity contribution < 1.29 is 13.6 Å². The number of carbonyl (C=O) groups excluding carboxylic acids is 1. The van der Waals surface area contributed by atoms with E-state index >= 15 is 4.39 Å². The van der Waals surface area contributed by atoms with Gasteiger partial charge in [0.25, 0.3) is 0 Å². The van der Waals surface area contributed by atoms with E-state index in [9.17, 15) is 9.18 Å². The Morgan fingerprint density at radius 2 is 2.19 bits per heavy atom. The van der Waals surface area contributed by atoms with Crippen LogP contribution in [-0.4, -0.2) is 42.7 Å². The second kappa shape index (κ2) is 7.70. The smallest absolute Gasteiger partial charge is 0.231 e. The van der Waals surface area contributed by atoms with Crippen molar-refractivity contribution in [3.8, 4) is 11.3 Å². The molecule has 8 nitrogen and oxygen atoms in total. The monoisotopic (exact) mass is 459 g/mol.